The number of carbonyl (C=O) groups is 2. The van der Waals surface area contributed by atoms with Gasteiger partial charge in [-0.1, -0.05) is 38.1 Å². The molecule has 0 spiro atoms. The summed E-state index contributed by atoms with van der Waals surface area (Å²) in [5, 5.41) is 18.8. The number of nitrogens with one attached hydrogen (secondary N) is 2. The van der Waals surface area contributed by atoms with Crippen LogP contribution in [0.1, 0.15) is 111 Å². The quantitative estimate of drug-likeness (QED) is 0.245. The van der Waals surface area contributed by atoms with Gasteiger partial charge >= 0.3 is 0 Å². The lowest BCUT2D eigenvalue weighted by Crippen LogP contribution is -2.50. The maximum atomic E-state index is 13.7. The number of aryl methyl sites for hydroxylation is 3. The van der Waals surface area contributed by atoms with Gasteiger partial charge in [-0.25, -0.2) is 0 Å². The van der Waals surface area contributed by atoms with E-state index < -0.39 is 0 Å². The van der Waals surface area contributed by atoms with Gasteiger partial charge in [-0.3, -0.25) is 9.59 Å². The monoisotopic (exact) mass is 557 g/mol. The van der Waals surface area contributed by atoms with E-state index >= 15 is 0 Å². The van der Waals surface area contributed by atoms with Crippen molar-refractivity contribution in [2.24, 2.45) is 7.05 Å². The van der Waals surface area contributed by atoms with Crippen molar-refractivity contribution in [1.29, 1.82) is 0 Å². The molecule has 1 amide bonds. The molecule has 2 N–H and O–H groups in total. The molecule has 4 rings (SSSR count). The number of carbonyl (C=O) groups excluding carboxylic acids is 2. The highest BCUT2D eigenvalue weighted by atomic mass is 16.1. The molecule has 0 radical (unpaired) electrons. The number of ketones is 1. The van der Waals surface area contributed by atoms with E-state index in [1.54, 1.807) is 19.3 Å². The average molecular weight is 558 g/mol. The second kappa shape index (κ2) is 11.9. The highest BCUT2D eigenvalue weighted by Crippen LogP contribution is 2.24. The minimum Gasteiger partial charge on any atom is -0.342 e. The molecular formula is C32H43N7O2. The number of benzene rings is 1. The molecular weight excluding hydrogens is 514 g/mol. The fourth-order valence-corrected chi connectivity index (χ4v) is 5.42. The normalized spacial score (nSPS) is 13.0. The van der Waals surface area contributed by atoms with Gasteiger partial charge in [0, 0.05) is 33.9 Å². The number of hydrogen-bond donors (Lipinski definition) is 2. The van der Waals surface area contributed by atoms with Crippen LogP contribution in [0.4, 0.5) is 0 Å². The van der Waals surface area contributed by atoms with Gasteiger partial charge in [0.05, 0.1) is 18.8 Å². The third kappa shape index (κ3) is 7.27. The van der Waals surface area contributed by atoms with E-state index in [0.717, 1.165) is 23.9 Å². The highest BCUT2D eigenvalue weighted by molar-refractivity contribution is 6.10. The molecule has 1 aromatic carbocycles. The molecule has 9 nitrogen and oxygen atoms in total. The average Bonchev–Trinajstić information content (AvgIpc) is 3.51. The Morgan fingerprint density at radius 3 is 2.27 bits per heavy atom. The first-order chi connectivity index (χ1) is 19.3. The fourth-order valence-electron chi connectivity index (χ4n) is 5.42. The number of fused-ring (bicyclic) bond motifs is 1. The van der Waals surface area contributed by atoms with Gasteiger partial charge in [-0.05, 0) is 94.8 Å². The van der Waals surface area contributed by atoms with Gasteiger partial charge in [-0.2, -0.15) is 4.80 Å². The Morgan fingerprint density at radius 2 is 1.68 bits per heavy atom. The van der Waals surface area contributed by atoms with Crippen LogP contribution in [0.3, 0.4) is 0 Å². The molecule has 0 aliphatic carbocycles. The molecule has 1 unspecified atom stereocenters. The van der Waals surface area contributed by atoms with Gasteiger partial charge in [0.2, 0.25) is 5.78 Å². The third-order valence-corrected chi connectivity index (χ3v) is 7.23. The van der Waals surface area contributed by atoms with Crippen LogP contribution in [0.25, 0.3) is 5.52 Å². The lowest BCUT2D eigenvalue weighted by Gasteiger charge is -2.35. The van der Waals surface area contributed by atoms with E-state index in [9.17, 15) is 9.59 Å². The Morgan fingerprint density at radius 1 is 0.976 bits per heavy atom. The van der Waals surface area contributed by atoms with E-state index in [4.69, 9.17) is 0 Å². The van der Waals surface area contributed by atoms with E-state index in [0.29, 0.717) is 35.5 Å². The molecule has 0 fully saturated rings. The van der Waals surface area contributed by atoms with Crippen LogP contribution >= 0.6 is 0 Å². The Labute approximate surface area is 242 Å². The number of pyridine rings is 1. The molecule has 3 heterocycles. The first-order valence-corrected chi connectivity index (χ1v) is 14.4. The lowest BCUT2D eigenvalue weighted by molar-refractivity contribution is 0.0933. The van der Waals surface area contributed by atoms with Gasteiger partial charge in [0.25, 0.3) is 5.91 Å². The lowest BCUT2D eigenvalue weighted by atomic mass is 9.91. The Hall–Kier alpha value is -3.85. The van der Waals surface area contributed by atoms with Crippen LogP contribution in [0.5, 0.6) is 0 Å². The summed E-state index contributed by atoms with van der Waals surface area (Å²) >= 11 is 0. The number of tetrazole rings is 1. The minimum atomic E-state index is -0.341. The van der Waals surface area contributed by atoms with Crippen LogP contribution in [0, 0.1) is 0 Å². The standard InChI is InChI=1S/C32H43N7O2/c1-9-22-19-25-20-24(30(41)33-26(10-2)29-34-37-38(8)35-29)16-18-39(25)27(22)28(40)23-13-11-21(12-14-23)15-17-32(6,7)36-31(3,4)5/h11-14,16,18-20,26,36H,9-10,15,17H2,1-8H3,(H,33,41). The Kier molecular flexibility index (Phi) is 8.77. The second-order valence-electron chi connectivity index (χ2n) is 12.4. The Balaban J connectivity index is 1.51. The second-order valence-corrected chi connectivity index (χ2v) is 12.4. The molecule has 0 aliphatic heterocycles. The van der Waals surface area contributed by atoms with Gasteiger partial charge in [0.15, 0.2) is 5.82 Å². The number of aromatic nitrogens is 5. The first-order valence-electron chi connectivity index (χ1n) is 14.4. The first kappa shape index (κ1) is 30.1. The Bertz CT molecular complexity index is 1520. The van der Waals surface area contributed by atoms with Gasteiger partial charge in [-0.15, -0.1) is 10.2 Å². The predicted octanol–water partition coefficient (Wildman–Crippen LogP) is 5.24. The van der Waals surface area contributed by atoms with Crippen molar-refractivity contribution >= 4 is 17.2 Å². The van der Waals surface area contributed by atoms with Crippen molar-refractivity contribution in [2.45, 2.75) is 91.3 Å². The summed E-state index contributed by atoms with van der Waals surface area (Å²) in [4.78, 5) is 28.2. The number of nitrogens with zero attached hydrogens (tertiary/aromatic N) is 5. The van der Waals surface area contributed by atoms with Crippen LogP contribution in [0.15, 0.2) is 48.7 Å². The number of rotatable bonds is 11. The van der Waals surface area contributed by atoms with Crippen molar-refractivity contribution in [3.05, 3.63) is 82.4 Å². The van der Waals surface area contributed by atoms with E-state index in [1.165, 1.54) is 10.4 Å². The van der Waals surface area contributed by atoms with Gasteiger partial charge in [0.1, 0.15) is 0 Å². The van der Waals surface area contributed by atoms with Crippen LogP contribution in [-0.2, 0) is 19.9 Å². The fraction of sp³-hybridized carbons (Fsp3) is 0.469. The SMILES string of the molecule is CCc1cc2cc(C(=O)NC(CC)c3nnn(C)n3)ccn2c1C(=O)c1ccc(CCC(C)(C)NC(C)(C)C)cc1. The molecule has 0 aliphatic rings. The molecule has 1 atom stereocenters. The largest absolute Gasteiger partial charge is 0.342 e. The van der Waals surface area contributed by atoms with Crippen LogP contribution in [0.2, 0.25) is 0 Å². The zero-order valence-electron chi connectivity index (χ0n) is 25.6. The highest BCUT2D eigenvalue weighted by Gasteiger charge is 2.24. The van der Waals surface area contributed by atoms with Crippen molar-refractivity contribution in [3.8, 4) is 0 Å². The summed E-state index contributed by atoms with van der Waals surface area (Å²) in [6, 6.07) is 13.2. The maximum absolute atomic E-state index is 13.7. The predicted molar refractivity (Wildman–Crippen MR) is 161 cm³/mol. The molecule has 3 aromatic heterocycles. The summed E-state index contributed by atoms with van der Waals surface area (Å²) in [6.45, 7) is 15.0. The van der Waals surface area contributed by atoms with Gasteiger partial charge < -0.3 is 15.0 Å². The summed E-state index contributed by atoms with van der Waals surface area (Å²) in [5.74, 6) is 0.222. The minimum absolute atomic E-state index is 0.00729. The van der Waals surface area contributed by atoms with Crippen molar-refractivity contribution in [1.82, 2.24) is 35.2 Å². The smallest absolute Gasteiger partial charge is 0.252 e. The van der Waals surface area contributed by atoms with E-state index in [-0.39, 0.29) is 28.8 Å². The summed E-state index contributed by atoms with van der Waals surface area (Å²) < 4.78 is 1.88. The number of hydrogen-bond acceptors (Lipinski definition) is 6. The van der Waals surface area contributed by atoms with E-state index in [2.05, 4.69) is 72.8 Å². The third-order valence-electron chi connectivity index (χ3n) is 7.23. The molecule has 0 saturated heterocycles. The summed E-state index contributed by atoms with van der Waals surface area (Å²) in [7, 11) is 1.69. The van der Waals surface area contributed by atoms with E-state index in [1.807, 2.05) is 42.5 Å². The molecule has 218 valence electrons. The van der Waals surface area contributed by atoms with Crippen molar-refractivity contribution < 1.29 is 9.59 Å². The van der Waals surface area contributed by atoms with Crippen LogP contribution < -0.4 is 10.6 Å². The summed E-state index contributed by atoms with van der Waals surface area (Å²) in [6.07, 6.45) is 5.06. The summed E-state index contributed by atoms with van der Waals surface area (Å²) in [5.41, 5.74) is 4.80. The topological polar surface area (TPSA) is 106 Å². The molecule has 4 aromatic rings. The van der Waals surface area contributed by atoms with Crippen LogP contribution in [-0.4, -0.2) is 47.4 Å². The molecule has 41 heavy (non-hydrogen) atoms. The van der Waals surface area contributed by atoms with Crippen molar-refractivity contribution in [3.63, 3.8) is 0 Å². The maximum Gasteiger partial charge on any atom is 0.252 e. The molecule has 0 bridgehead atoms. The molecule has 9 heteroatoms. The molecule has 0 saturated carbocycles. The zero-order valence-corrected chi connectivity index (χ0v) is 25.6. The van der Waals surface area contributed by atoms with Crippen molar-refractivity contribution in [2.75, 3.05) is 0 Å². The zero-order chi connectivity index (χ0) is 29.9. The number of amides is 1.